The summed E-state index contributed by atoms with van der Waals surface area (Å²) in [6, 6.07) is 27.3. The van der Waals surface area contributed by atoms with Crippen molar-refractivity contribution in [3.63, 3.8) is 0 Å². The van der Waals surface area contributed by atoms with Crippen molar-refractivity contribution in [1.82, 2.24) is 0 Å². The van der Waals surface area contributed by atoms with Gasteiger partial charge in [0.15, 0.2) is 0 Å². The molecule has 1 aliphatic heterocycles. The molecule has 0 unspecified atom stereocenters. The Morgan fingerprint density at radius 3 is 2.25 bits per heavy atom. The number of nitrogens with zero attached hydrogens (tertiary/aromatic N) is 2. The quantitative estimate of drug-likeness (QED) is 0.409. The lowest BCUT2D eigenvalue weighted by Gasteiger charge is -2.18. The van der Waals surface area contributed by atoms with Gasteiger partial charge in [0.25, 0.3) is 5.91 Å². The largest absolute Gasteiger partial charge is 0.321 e. The number of carbonyl (C=O) groups is 2. The Labute approximate surface area is 195 Å². The van der Waals surface area contributed by atoms with Crippen LogP contribution in [0.25, 0.3) is 0 Å². The van der Waals surface area contributed by atoms with Crippen molar-refractivity contribution in [3.8, 4) is 6.07 Å². The maximum atomic E-state index is 13.4. The zero-order valence-electron chi connectivity index (χ0n) is 16.9. The van der Waals surface area contributed by atoms with Crippen LogP contribution in [0.15, 0.2) is 95.5 Å². The number of benzene rings is 3. The van der Waals surface area contributed by atoms with Gasteiger partial charge in [0.1, 0.15) is 16.7 Å². The minimum atomic E-state index is -0.577. The third-order valence-corrected chi connectivity index (χ3v) is 6.40. The van der Waals surface area contributed by atoms with Crippen LogP contribution in [0.4, 0.5) is 11.4 Å². The summed E-state index contributed by atoms with van der Waals surface area (Å²) in [6.07, 6.45) is 0.495. The highest BCUT2D eigenvalue weighted by atomic mass is 35.5. The summed E-state index contributed by atoms with van der Waals surface area (Å²) >= 11 is 7.15. The summed E-state index contributed by atoms with van der Waals surface area (Å²) in [7, 11) is 0. The smallest absolute Gasteiger partial charge is 0.269 e. The predicted molar refractivity (Wildman–Crippen MR) is 128 cm³/mol. The second-order valence-electron chi connectivity index (χ2n) is 7.06. The van der Waals surface area contributed by atoms with E-state index in [9.17, 15) is 14.9 Å². The maximum Gasteiger partial charge on any atom is 0.269 e. The molecule has 158 valence electrons. The van der Waals surface area contributed by atoms with Gasteiger partial charge in [0, 0.05) is 16.4 Å². The molecule has 1 saturated heterocycles. The van der Waals surface area contributed by atoms with Crippen molar-refractivity contribution >= 4 is 46.6 Å². The molecule has 0 saturated carbocycles. The van der Waals surface area contributed by atoms with E-state index < -0.39 is 11.2 Å². The molecule has 0 aliphatic carbocycles. The van der Waals surface area contributed by atoms with Crippen molar-refractivity contribution in [2.24, 2.45) is 0 Å². The molecule has 0 spiro atoms. The highest BCUT2D eigenvalue weighted by molar-refractivity contribution is 8.05. The highest BCUT2D eigenvalue weighted by Gasteiger charge is 2.40. The summed E-state index contributed by atoms with van der Waals surface area (Å²) in [6.45, 7) is 0. The molecule has 7 heteroatoms. The molecular weight excluding hydrogens is 442 g/mol. The minimum absolute atomic E-state index is 0.113. The second kappa shape index (κ2) is 9.73. The first-order chi connectivity index (χ1) is 15.6. The highest BCUT2D eigenvalue weighted by Crippen LogP contribution is 2.42. The molecule has 5 nitrogen and oxygen atoms in total. The fourth-order valence-corrected chi connectivity index (χ4v) is 4.79. The molecule has 3 aromatic carbocycles. The van der Waals surface area contributed by atoms with E-state index in [0.717, 1.165) is 5.56 Å². The fraction of sp³-hybridized carbons (Fsp3) is 0.0800. The second-order valence-corrected chi connectivity index (χ2v) is 8.69. The summed E-state index contributed by atoms with van der Waals surface area (Å²) in [5.74, 6) is -0.737. The van der Waals surface area contributed by atoms with Crippen LogP contribution >= 0.6 is 23.4 Å². The Bertz CT molecular complexity index is 1210. The zero-order valence-corrected chi connectivity index (χ0v) is 18.4. The molecule has 0 bridgehead atoms. The average molecular weight is 460 g/mol. The lowest BCUT2D eigenvalue weighted by molar-refractivity contribution is -0.117. The molecule has 1 fully saturated rings. The summed E-state index contributed by atoms with van der Waals surface area (Å²) < 4.78 is 0. The van der Waals surface area contributed by atoms with E-state index >= 15 is 0 Å². The van der Waals surface area contributed by atoms with Crippen LogP contribution in [0.5, 0.6) is 0 Å². The minimum Gasteiger partial charge on any atom is -0.321 e. The number of rotatable bonds is 5. The van der Waals surface area contributed by atoms with E-state index in [0.29, 0.717) is 27.8 Å². The van der Waals surface area contributed by atoms with Crippen molar-refractivity contribution in [2.75, 3.05) is 10.2 Å². The van der Waals surface area contributed by atoms with Crippen molar-refractivity contribution in [2.45, 2.75) is 11.7 Å². The molecule has 1 N–H and O–H groups in total. The van der Waals surface area contributed by atoms with E-state index in [1.54, 1.807) is 36.4 Å². The van der Waals surface area contributed by atoms with Gasteiger partial charge in [0.2, 0.25) is 5.91 Å². The number of amides is 2. The van der Waals surface area contributed by atoms with Crippen molar-refractivity contribution in [1.29, 1.82) is 5.26 Å². The van der Waals surface area contributed by atoms with Crippen LogP contribution in [0, 0.1) is 11.3 Å². The van der Waals surface area contributed by atoms with Gasteiger partial charge in [-0.2, -0.15) is 5.26 Å². The van der Waals surface area contributed by atoms with Gasteiger partial charge in [-0.05, 0) is 48.4 Å². The number of anilines is 2. The Morgan fingerprint density at radius 2 is 1.62 bits per heavy atom. The van der Waals surface area contributed by atoms with Crippen LogP contribution in [0.2, 0.25) is 5.02 Å². The average Bonchev–Trinajstić information content (AvgIpc) is 3.12. The van der Waals surface area contributed by atoms with Gasteiger partial charge in [-0.3, -0.25) is 14.5 Å². The molecule has 2 amide bonds. The van der Waals surface area contributed by atoms with Gasteiger partial charge in [0.05, 0.1) is 5.25 Å². The Morgan fingerprint density at radius 1 is 1.00 bits per heavy atom. The van der Waals surface area contributed by atoms with Crippen molar-refractivity contribution < 1.29 is 9.59 Å². The topological polar surface area (TPSA) is 73.2 Å². The number of nitrogens with one attached hydrogen (secondary N) is 1. The monoisotopic (exact) mass is 459 g/mol. The molecule has 0 radical (unpaired) electrons. The maximum absolute atomic E-state index is 13.4. The lowest BCUT2D eigenvalue weighted by atomic mass is 10.1. The Hall–Kier alpha value is -3.53. The van der Waals surface area contributed by atoms with E-state index in [4.69, 9.17) is 11.6 Å². The molecule has 4 rings (SSSR count). The number of carbonyl (C=O) groups excluding carboxylic acids is 2. The van der Waals surface area contributed by atoms with E-state index in [1.165, 1.54) is 16.7 Å². The first kappa shape index (κ1) is 21.7. The molecular formula is C25H18ClN3O2S. The standard InChI is InChI=1S/C25H18ClN3O2S/c26-18-11-13-19(14-12-18)28-23(30)21(16-27)25-29(20-9-5-2-6-10-20)24(31)22(32-25)15-17-7-3-1-4-8-17/h1-14,22H,15H2,(H,28,30)/b25-21-/t22-/m1/s1. The Kier molecular flexibility index (Phi) is 6.60. The van der Waals surface area contributed by atoms with Gasteiger partial charge in [-0.25, -0.2) is 0 Å². The first-order valence-electron chi connectivity index (χ1n) is 9.87. The number of halogens is 1. The zero-order chi connectivity index (χ0) is 22.5. The number of hydrogen-bond acceptors (Lipinski definition) is 4. The fourth-order valence-electron chi connectivity index (χ4n) is 3.35. The van der Waals surface area contributed by atoms with Gasteiger partial charge in [-0.1, -0.05) is 71.9 Å². The molecule has 0 aromatic heterocycles. The van der Waals surface area contributed by atoms with Crippen LogP contribution < -0.4 is 10.2 Å². The SMILES string of the molecule is N#C/C(C(=O)Nc1ccc(Cl)cc1)=C1/S[C@H](Cc2ccccc2)C(=O)N1c1ccccc1. The normalized spacial score (nSPS) is 17.1. The molecule has 1 heterocycles. The van der Waals surface area contributed by atoms with E-state index in [1.807, 2.05) is 54.6 Å². The van der Waals surface area contributed by atoms with Gasteiger partial charge < -0.3 is 5.32 Å². The summed E-state index contributed by atoms with van der Waals surface area (Å²) in [4.78, 5) is 27.8. The molecule has 1 aliphatic rings. The lowest BCUT2D eigenvalue weighted by Crippen LogP contribution is -2.30. The number of para-hydroxylation sites is 1. The predicted octanol–water partition coefficient (Wildman–Crippen LogP) is 5.40. The van der Waals surface area contributed by atoms with Gasteiger partial charge in [-0.15, -0.1) is 0 Å². The van der Waals surface area contributed by atoms with Crippen LogP contribution in [0.3, 0.4) is 0 Å². The third kappa shape index (κ3) is 4.70. The van der Waals surface area contributed by atoms with Crippen LogP contribution in [-0.2, 0) is 16.0 Å². The number of nitriles is 1. The third-order valence-electron chi connectivity index (χ3n) is 4.89. The number of hydrogen-bond donors (Lipinski definition) is 1. The molecule has 1 atom stereocenters. The molecule has 3 aromatic rings. The van der Waals surface area contributed by atoms with Crippen molar-refractivity contribution in [3.05, 3.63) is 106 Å². The Balaban J connectivity index is 1.70. The van der Waals surface area contributed by atoms with E-state index in [-0.39, 0.29) is 11.5 Å². The van der Waals surface area contributed by atoms with Gasteiger partial charge >= 0.3 is 0 Å². The first-order valence-corrected chi connectivity index (χ1v) is 11.1. The van der Waals surface area contributed by atoms with Crippen LogP contribution in [-0.4, -0.2) is 17.1 Å². The van der Waals surface area contributed by atoms with Crippen LogP contribution in [0.1, 0.15) is 5.56 Å². The molecule has 32 heavy (non-hydrogen) atoms. The number of thioether (sulfide) groups is 1. The summed E-state index contributed by atoms with van der Waals surface area (Å²) in [5, 5.41) is 13.0. The van der Waals surface area contributed by atoms with E-state index in [2.05, 4.69) is 5.32 Å². The summed E-state index contributed by atoms with van der Waals surface area (Å²) in [5.41, 5.74) is 2.02.